The van der Waals surface area contributed by atoms with Gasteiger partial charge < -0.3 is 54.9 Å². The van der Waals surface area contributed by atoms with Crippen LogP contribution in [0.4, 0.5) is 11.4 Å². The molecule has 4 atom stereocenters. The van der Waals surface area contributed by atoms with E-state index < -0.39 is 116 Å². The van der Waals surface area contributed by atoms with Crippen LogP contribution in [-0.4, -0.2) is 125 Å². The Balaban J connectivity index is 2.25. The first-order chi connectivity index (χ1) is 27.0. The van der Waals surface area contributed by atoms with Crippen molar-refractivity contribution in [1.29, 1.82) is 0 Å². The zero-order valence-electron chi connectivity index (χ0n) is 35.1. The van der Waals surface area contributed by atoms with E-state index in [0.29, 0.717) is 5.69 Å². The minimum Gasteiger partial charge on any atom is -0.444 e. The summed E-state index contributed by atoms with van der Waals surface area (Å²) in [5.74, 6) is -19.8. The highest BCUT2D eigenvalue weighted by atomic mass is 16.6. The van der Waals surface area contributed by atoms with Crippen molar-refractivity contribution >= 4 is 53.0 Å². The molecule has 0 aromatic heterocycles. The molecule has 0 saturated carbocycles. The number of nitrogens with one attached hydrogen (secondary N) is 3. The number of likely N-dealkylation sites (N-methyl/N-ethyl adjacent to an activating group) is 1. The highest BCUT2D eigenvalue weighted by Gasteiger charge is 2.75. The van der Waals surface area contributed by atoms with E-state index in [1.54, 1.807) is 19.0 Å². The second-order valence-electron chi connectivity index (χ2n) is 16.3. The van der Waals surface area contributed by atoms with Gasteiger partial charge in [-0.3, -0.25) is 43.8 Å². The number of carbonyl (C=O) groups excluding carboxylic acids is 7. The van der Waals surface area contributed by atoms with Crippen LogP contribution in [0.15, 0.2) is 28.7 Å². The number of aliphatic hydroxyl groups is 4. The van der Waals surface area contributed by atoms with Gasteiger partial charge in [0, 0.05) is 71.4 Å². The summed E-state index contributed by atoms with van der Waals surface area (Å²) in [5, 5.41) is 57.9. The van der Waals surface area contributed by atoms with E-state index in [-0.39, 0.29) is 30.6 Å². The van der Waals surface area contributed by atoms with E-state index >= 15 is 0 Å². The molecule has 59 heavy (non-hydrogen) atoms. The summed E-state index contributed by atoms with van der Waals surface area (Å²) in [5.41, 5.74) is -5.79. The molecule has 20 nitrogen and oxygen atoms in total. The molecule has 1 aromatic rings. The molecule has 20 heteroatoms. The first-order valence-electron chi connectivity index (χ1n) is 18.5. The Kier molecular flexibility index (Phi) is 12.9. The minimum atomic E-state index is -3.89. The van der Waals surface area contributed by atoms with E-state index in [9.17, 15) is 54.0 Å². The van der Waals surface area contributed by atoms with Crippen molar-refractivity contribution in [2.24, 2.45) is 11.8 Å². The molecule has 0 aliphatic heterocycles. The maximum absolute atomic E-state index is 13.9. The highest BCUT2D eigenvalue weighted by molar-refractivity contribution is 6.06. The molecule has 0 bridgehead atoms. The molecule has 0 spiro atoms. The van der Waals surface area contributed by atoms with Gasteiger partial charge in [-0.1, -0.05) is 0 Å². The minimum absolute atomic E-state index is 0.173. The SMILES string of the molecule is CC(=O)NC(=O)C1=C(OC(C)=O)[C@@H](N(C)C)[C@@H]2C[C@@H]3Cc4c(N(C)C)cc(NC(=O)CNC(C)(C)C)c(OC(C)=O)c4C(O)(O)C3=C(OC(C)=O)[C@]2(OC(C)=O)C1(O)O. The summed E-state index contributed by atoms with van der Waals surface area (Å²) in [7, 11) is 6.18. The van der Waals surface area contributed by atoms with Gasteiger partial charge in [0.2, 0.25) is 29.0 Å². The van der Waals surface area contributed by atoms with Crippen molar-refractivity contribution in [2.45, 2.75) is 97.0 Å². The van der Waals surface area contributed by atoms with E-state index in [4.69, 9.17) is 18.9 Å². The number of fused-ring (bicyclic) bond motifs is 3. The Bertz CT molecular complexity index is 2040. The molecule has 3 aliphatic rings. The van der Waals surface area contributed by atoms with Crippen LogP contribution in [0, 0.1) is 11.8 Å². The van der Waals surface area contributed by atoms with Crippen LogP contribution in [0.2, 0.25) is 0 Å². The molecule has 0 fully saturated rings. The van der Waals surface area contributed by atoms with E-state index in [1.165, 1.54) is 25.1 Å². The van der Waals surface area contributed by atoms with Crippen molar-refractivity contribution < 1.29 is 72.9 Å². The zero-order chi connectivity index (χ0) is 44.9. The molecular weight excluding hydrogens is 778 g/mol. The van der Waals surface area contributed by atoms with Crippen molar-refractivity contribution in [1.82, 2.24) is 15.5 Å². The quantitative estimate of drug-likeness (QED) is 0.0681. The molecule has 7 N–H and O–H groups in total. The topological polar surface area (TPSA) is 280 Å². The Morgan fingerprint density at radius 1 is 0.847 bits per heavy atom. The lowest BCUT2D eigenvalue weighted by atomic mass is 9.55. The standard InChI is InChI=1S/C39H53N5O15/c1-17(45)41-35(51)30-33(57-19(3)47)31(44(11)12)24-14-22-13-23-26(43(9)10)15-25(42-27(50)16-40-36(6,7)8)32(56-18(2)46)29(23)38(52,53)28(22)34(58-20(4)48)37(24,39(30,54)55)59-21(5)49/h15,22,24,31,40,52-55H,13-14,16H2,1-12H3,(H,42,50)(H,41,45,51)/t22-,24-,31-,37-/m0/s1. The molecule has 0 unspecified atom stereocenters. The maximum Gasteiger partial charge on any atom is 0.308 e. The average Bonchev–Trinajstić information content (AvgIpc) is 3.03. The third-order valence-electron chi connectivity index (χ3n) is 10.0. The van der Waals surface area contributed by atoms with Crippen molar-refractivity contribution in [3.05, 3.63) is 39.9 Å². The van der Waals surface area contributed by atoms with Crippen LogP contribution in [0.25, 0.3) is 0 Å². The number of hydrogen-bond donors (Lipinski definition) is 7. The summed E-state index contributed by atoms with van der Waals surface area (Å²) in [4.78, 5) is 94.1. The number of benzene rings is 1. The number of anilines is 2. The van der Waals surface area contributed by atoms with Crippen molar-refractivity contribution in [3.63, 3.8) is 0 Å². The number of imide groups is 1. The number of amides is 3. The predicted molar refractivity (Wildman–Crippen MR) is 205 cm³/mol. The zero-order valence-corrected chi connectivity index (χ0v) is 35.1. The Morgan fingerprint density at radius 3 is 1.90 bits per heavy atom. The van der Waals surface area contributed by atoms with Crippen LogP contribution >= 0.6 is 0 Å². The summed E-state index contributed by atoms with van der Waals surface area (Å²) in [6.45, 7) is 9.95. The molecule has 0 saturated heterocycles. The number of ether oxygens (including phenoxy) is 4. The molecule has 4 rings (SSSR count). The van der Waals surface area contributed by atoms with Gasteiger partial charge in [0.15, 0.2) is 11.5 Å². The van der Waals surface area contributed by atoms with Gasteiger partial charge >= 0.3 is 23.9 Å². The molecular formula is C39H53N5O15. The molecule has 3 amide bonds. The van der Waals surface area contributed by atoms with Gasteiger partial charge in [-0.25, -0.2) is 0 Å². The lowest BCUT2D eigenvalue weighted by Crippen LogP contribution is -2.74. The molecule has 1 aromatic carbocycles. The van der Waals surface area contributed by atoms with E-state index in [1.807, 2.05) is 26.1 Å². The first kappa shape index (κ1) is 46.4. The molecule has 0 radical (unpaired) electrons. The second kappa shape index (κ2) is 16.4. The van der Waals surface area contributed by atoms with Crippen LogP contribution in [0.1, 0.15) is 72.9 Å². The number of esters is 4. The van der Waals surface area contributed by atoms with Crippen LogP contribution in [0.3, 0.4) is 0 Å². The fraction of sp³-hybridized carbons (Fsp3) is 0.564. The summed E-state index contributed by atoms with van der Waals surface area (Å²) in [6.07, 6.45) is -0.568. The van der Waals surface area contributed by atoms with Crippen LogP contribution in [0.5, 0.6) is 5.75 Å². The fourth-order valence-corrected chi connectivity index (χ4v) is 8.20. The summed E-state index contributed by atoms with van der Waals surface area (Å²) >= 11 is 0. The number of nitrogens with zero attached hydrogens (tertiary/aromatic N) is 2. The van der Waals surface area contributed by atoms with Crippen LogP contribution < -0.4 is 25.6 Å². The van der Waals surface area contributed by atoms with Crippen molar-refractivity contribution in [3.8, 4) is 5.75 Å². The van der Waals surface area contributed by atoms with Gasteiger partial charge in [-0.05, 0) is 65.3 Å². The van der Waals surface area contributed by atoms with E-state index in [0.717, 1.165) is 34.6 Å². The summed E-state index contributed by atoms with van der Waals surface area (Å²) in [6, 6.07) is 0.0374. The Morgan fingerprint density at radius 2 is 1.42 bits per heavy atom. The lowest BCUT2D eigenvalue weighted by Gasteiger charge is -2.59. The number of carbonyl (C=O) groups is 7. The van der Waals surface area contributed by atoms with Gasteiger partial charge in [0.05, 0.1) is 23.8 Å². The highest BCUT2D eigenvalue weighted by Crippen LogP contribution is 2.63. The largest absolute Gasteiger partial charge is 0.444 e. The normalized spacial score (nSPS) is 22.9. The number of rotatable bonds is 10. The lowest BCUT2D eigenvalue weighted by molar-refractivity contribution is -0.293. The third-order valence-corrected chi connectivity index (χ3v) is 10.0. The van der Waals surface area contributed by atoms with Gasteiger partial charge in [0.1, 0.15) is 11.3 Å². The molecule has 3 aliphatic carbocycles. The van der Waals surface area contributed by atoms with Gasteiger partial charge in [0.25, 0.3) is 5.91 Å². The third kappa shape index (κ3) is 8.73. The first-order valence-corrected chi connectivity index (χ1v) is 18.5. The van der Waals surface area contributed by atoms with Gasteiger partial charge in [-0.2, -0.15) is 0 Å². The number of hydrogen-bond acceptors (Lipinski definition) is 18. The van der Waals surface area contributed by atoms with E-state index in [2.05, 4.69) is 10.6 Å². The molecule has 0 heterocycles. The Hall–Kier alpha value is -5.25. The monoisotopic (exact) mass is 831 g/mol. The second-order valence-corrected chi connectivity index (χ2v) is 16.3. The maximum atomic E-state index is 13.9. The Labute approximate surface area is 340 Å². The average molecular weight is 832 g/mol. The molecule has 324 valence electrons. The summed E-state index contributed by atoms with van der Waals surface area (Å²) < 4.78 is 22.6. The van der Waals surface area contributed by atoms with Crippen LogP contribution in [-0.2, 0) is 60.0 Å². The smallest absolute Gasteiger partial charge is 0.308 e. The van der Waals surface area contributed by atoms with Gasteiger partial charge in [-0.15, -0.1) is 0 Å². The predicted octanol–water partition coefficient (Wildman–Crippen LogP) is -0.442. The van der Waals surface area contributed by atoms with Crippen molar-refractivity contribution in [2.75, 3.05) is 45.0 Å². The fourth-order valence-electron chi connectivity index (χ4n) is 8.20.